The number of likely N-dealkylation sites (N-methyl/N-ethyl adjacent to an activating group) is 1. The van der Waals surface area contributed by atoms with Gasteiger partial charge in [0.15, 0.2) is 0 Å². The van der Waals surface area contributed by atoms with Gasteiger partial charge in [0.1, 0.15) is 5.54 Å². The van der Waals surface area contributed by atoms with E-state index in [-0.39, 0.29) is 5.97 Å². The normalized spacial score (nSPS) is 14.6. The summed E-state index contributed by atoms with van der Waals surface area (Å²) in [7, 11) is 3.65. The maximum absolute atomic E-state index is 12.0. The Hall–Kier alpha value is -0.650. The van der Waals surface area contributed by atoms with E-state index in [1.54, 1.807) is 7.11 Å². The number of esters is 1. The highest BCUT2D eigenvalue weighted by Crippen LogP contribution is 2.09. The van der Waals surface area contributed by atoms with Gasteiger partial charge in [-0.05, 0) is 33.9 Å². The van der Waals surface area contributed by atoms with Crippen LogP contribution >= 0.6 is 0 Å². The van der Waals surface area contributed by atoms with Crippen LogP contribution in [0.4, 0.5) is 0 Å². The van der Waals surface area contributed by atoms with E-state index in [0.717, 1.165) is 19.5 Å². The number of carbonyl (C=O) groups is 1. The van der Waals surface area contributed by atoms with Gasteiger partial charge < -0.3 is 19.7 Å². The molecule has 1 atom stereocenters. The molecule has 1 N–H and O–H groups in total. The number of hydrogen-bond donors (Lipinski definition) is 1. The Morgan fingerprint density at radius 1 is 1.39 bits per heavy atom. The molecule has 0 aliphatic rings. The smallest absolute Gasteiger partial charge is 0.327 e. The van der Waals surface area contributed by atoms with Crippen LogP contribution in [0.2, 0.25) is 0 Å². The van der Waals surface area contributed by atoms with Gasteiger partial charge in [0.2, 0.25) is 0 Å². The summed E-state index contributed by atoms with van der Waals surface area (Å²) in [6.45, 7) is 9.05. The molecule has 0 fully saturated rings. The molecule has 0 amide bonds. The highest BCUT2D eigenvalue weighted by molar-refractivity contribution is 5.80. The third kappa shape index (κ3) is 6.33. The SMILES string of the molecule is CCCNC(C)(CN(C)CCOC)C(=O)OCC. The first-order chi connectivity index (χ1) is 8.50. The highest BCUT2D eigenvalue weighted by Gasteiger charge is 2.35. The van der Waals surface area contributed by atoms with Gasteiger partial charge in [-0.1, -0.05) is 6.92 Å². The second-order valence-corrected chi connectivity index (χ2v) is 4.71. The Morgan fingerprint density at radius 2 is 2.06 bits per heavy atom. The van der Waals surface area contributed by atoms with Gasteiger partial charge in [-0.2, -0.15) is 0 Å². The minimum Gasteiger partial charge on any atom is -0.465 e. The predicted molar refractivity (Wildman–Crippen MR) is 72.7 cm³/mol. The van der Waals surface area contributed by atoms with Crippen LogP contribution in [-0.2, 0) is 14.3 Å². The van der Waals surface area contributed by atoms with Crippen molar-refractivity contribution < 1.29 is 14.3 Å². The van der Waals surface area contributed by atoms with E-state index in [9.17, 15) is 4.79 Å². The molecular weight excluding hydrogens is 232 g/mol. The fraction of sp³-hybridized carbons (Fsp3) is 0.923. The molecule has 0 aliphatic heterocycles. The Labute approximate surface area is 111 Å². The molecule has 108 valence electrons. The lowest BCUT2D eigenvalue weighted by Crippen LogP contribution is -2.57. The molecule has 5 nitrogen and oxygen atoms in total. The zero-order valence-corrected chi connectivity index (χ0v) is 12.4. The Morgan fingerprint density at radius 3 is 2.56 bits per heavy atom. The molecule has 1 unspecified atom stereocenters. The summed E-state index contributed by atoms with van der Waals surface area (Å²) in [4.78, 5) is 14.1. The first-order valence-corrected chi connectivity index (χ1v) is 6.59. The average molecular weight is 260 g/mol. The lowest BCUT2D eigenvalue weighted by molar-refractivity contribution is -0.151. The molecular formula is C13H28N2O3. The maximum Gasteiger partial charge on any atom is 0.327 e. The van der Waals surface area contributed by atoms with Gasteiger partial charge in [-0.25, -0.2) is 0 Å². The van der Waals surface area contributed by atoms with Crippen molar-refractivity contribution in [1.29, 1.82) is 0 Å². The van der Waals surface area contributed by atoms with Crippen LogP contribution < -0.4 is 5.32 Å². The van der Waals surface area contributed by atoms with E-state index in [1.807, 2.05) is 20.9 Å². The Balaban J connectivity index is 4.49. The van der Waals surface area contributed by atoms with Gasteiger partial charge in [0, 0.05) is 20.2 Å². The van der Waals surface area contributed by atoms with Crippen molar-refractivity contribution >= 4 is 5.97 Å². The van der Waals surface area contributed by atoms with E-state index in [2.05, 4.69) is 17.1 Å². The summed E-state index contributed by atoms with van der Waals surface area (Å²) in [6, 6.07) is 0. The van der Waals surface area contributed by atoms with Crippen molar-refractivity contribution in [3.63, 3.8) is 0 Å². The minimum atomic E-state index is -0.658. The lowest BCUT2D eigenvalue weighted by atomic mass is 10.0. The van der Waals surface area contributed by atoms with Crippen LogP contribution in [-0.4, -0.2) is 63.4 Å². The first kappa shape index (κ1) is 17.4. The predicted octanol–water partition coefficient (Wildman–Crippen LogP) is 0.886. The number of ether oxygens (including phenoxy) is 2. The molecule has 0 heterocycles. The number of nitrogens with one attached hydrogen (secondary N) is 1. The van der Waals surface area contributed by atoms with Crippen molar-refractivity contribution in [1.82, 2.24) is 10.2 Å². The van der Waals surface area contributed by atoms with Gasteiger partial charge >= 0.3 is 5.97 Å². The quantitative estimate of drug-likeness (QED) is 0.591. The summed E-state index contributed by atoms with van der Waals surface area (Å²) in [5, 5.41) is 3.28. The number of nitrogens with zero attached hydrogens (tertiary/aromatic N) is 1. The third-order valence-corrected chi connectivity index (χ3v) is 2.75. The zero-order valence-electron chi connectivity index (χ0n) is 12.4. The van der Waals surface area contributed by atoms with Gasteiger partial charge in [0.25, 0.3) is 0 Å². The molecule has 5 heteroatoms. The van der Waals surface area contributed by atoms with Crippen LogP contribution in [0.1, 0.15) is 27.2 Å². The van der Waals surface area contributed by atoms with E-state index >= 15 is 0 Å². The molecule has 0 aromatic carbocycles. The molecule has 0 aromatic heterocycles. The monoisotopic (exact) mass is 260 g/mol. The molecule has 0 aromatic rings. The fourth-order valence-electron chi connectivity index (χ4n) is 1.75. The van der Waals surface area contributed by atoms with Crippen LogP contribution in [0.5, 0.6) is 0 Å². The number of carbonyl (C=O) groups excluding carboxylic acids is 1. The summed E-state index contributed by atoms with van der Waals surface area (Å²) in [5.74, 6) is -0.192. The van der Waals surface area contributed by atoms with Crippen molar-refractivity contribution in [2.45, 2.75) is 32.7 Å². The largest absolute Gasteiger partial charge is 0.465 e. The van der Waals surface area contributed by atoms with Crippen LogP contribution in [0.3, 0.4) is 0 Å². The number of rotatable bonds is 10. The molecule has 0 aliphatic carbocycles. The average Bonchev–Trinajstić information content (AvgIpc) is 2.34. The topological polar surface area (TPSA) is 50.8 Å². The summed E-state index contributed by atoms with van der Waals surface area (Å²) in [5.41, 5.74) is -0.658. The number of methoxy groups -OCH3 is 1. The van der Waals surface area contributed by atoms with Crippen molar-refractivity contribution in [3.05, 3.63) is 0 Å². The fourth-order valence-corrected chi connectivity index (χ4v) is 1.75. The van der Waals surface area contributed by atoms with Crippen LogP contribution in [0, 0.1) is 0 Å². The standard InChI is InChI=1S/C13H28N2O3/c1-6-8-14-13(3,12(16)18-7-2)11-15(4)9-10-17-5/h14H,6-11H2,1-5H3. The molecule has 0 saturated heterocycles. The van der Waals surface area contributed by atoms with Crippen LogP contribution in [0.15, 0.2) is 0 Å². The van der Waals surface area contributed by atoms with E-state index in [0.29, 0.717) is 19.8 Å². The Bertz CT molecular complexity index is 236. The molecule has 0 radical (unpaired) electrons. The van der Waals surface area contributed by atoms with Crippen molar-refractivity contribution in [2.24, 2.45) is 0 Å². The summed E-state index contributed by atoms with van der Waals surface area (Å²) in [6.07, 6.45) is 0.983. The third-order valence-electron chi connectivity index (χ3n) is 2.75. The first-order valence-electron chi connectivity index (χ1n) is 6.59. The van der Waals surface area contributed by atoms with E-state index in [4.69, 9.17) is 9.47 Å². The molecule has 0 bridgehead atoms. The van der Waals surface area contributed by atoms with Gasteiger partial charge in [-0.15, -0.1) is 0 Å². The Kier molecular flexibility index (Phi) is 8.97. The highest BCUT2D eigenvalue weighted by atomic mass is 16.5. The molecule has 0 spiro atoms. The summed E-state index contributed by atoms with van der Waals surface area (Å²) >= 11 is 0. The van der Waals surface area contributed by atoms with E-state index < -0.39 is 5.54 Å². The van der Waals surface area contributed by atoms with Crippen molar-refractivity contribution in [3.8, 4) is 0 Å². The molecule has 18 heavy (non-hydrogen) atoms. The van der Waals surface area contributed by atoms with Gasteiger partial charge in [-0.3, -0.25) is 4.79 Å². The molecule has 0 rings (SSSR count). The lowest BCUT2D eigenvalue weighted by Gasteiger charge is -2.32. The second-order valence-electron chi connectivity index (χ2n) is 4.71. The minimum absolute atomic E-state index is 0.192. The van der Waals surface area contributed by atoms with E-state index in [1.165, 1.54) is 0 Å². The number of hydrogen-bond acceptors (Lipinski definition) is 5. The van der Waals surface area contributed by atoms with Gasteiger partial charge in [0.05, 0.1) is 13.2 Å². The van der Waals surface area contributed by atoms with Crippen molar-refractivity contribution in [2.75, 3.05) is 47.0 Å². The van der Waals surface area contributed by atoms with Crippen LogP contribution in [0.25, 0.3) is 0 Å². The summed E-state index contributed by atoms with van der Waals surface area (Å²) < 4.78 is 10.2. The maximum atomic E-state index is 12.0. The zero-order chi connectivity index (χ0) is 14.0. The second kappa shape index (κ2) is 9.30. The molecule has 0 saturated carbocycles.